The van der Waals surface area contributed by atoms with E-state index in [9.17, 15) is 4.79 Å². The first-order chi connectivity index (χ1) is 11.3. The summed E-state index contributed by atoms with van der Waals surface area (Å²) in [5, 5.41) is 5.60. The average molecular weight is 316 g/mol. The molecule has 23 heavy (non-hydrogen) atoms. The highest BCUT2D eigenvalue weighted by Gasteiger charge is 2.16. The van der Waals surface area contributed by atoms with Crippen molar-refractivity contribution in [3.05, 3.63) is 48.4 Å². The van der Waals surface area contributed by atoms with Gasteiger partial charge in [-0.05, 0) is 49.2 Å². The molecule has 1 aromatic heterocycles. The van der Waals surface area contributed by atoms with Gasteiger partial charge in [-0.3, -0.25) is 0 Å². The molecule has 2 N–H and O–H groups in total. The van der Waals surface area contributed by atoms with Crippen molar-refractivity contribution < 1.29 is 18.7 Å². The largest absolute Gasteiger partial charge is 0.486 e. The fourth-order valence-corrected chi connectivity index (χ4v) is 2.37. The lowest BCUT2D eigenvalue weighted by atomic mass is 10.2. The van der Waals surface area contributed by atoms with Gasteiger partial charge in [0.25, 0.3) is 0 Å². The van der Waals surface area contributed by atoms with Crippen LogP contribution >= 0.6 is 0 Å². The Hall–Kier alpha value is -2.47. The van der Waals surface area contributed by atoms with Gasteiger partial charge in [0.2, 0.25) is 0 Å². The number of ether oxygens (including phenoxy) is 2. The van der Waals surface area contributed by atoms with E-state index in [4.69, 9.17) is 13.9 Å². The molecule has 1 aliphatic heterocycles. The van der Waals surface area contributed by atoms with Gasteiger partial charge in [-0.15, -0.1) is 0 Å². The van der Waals surface area contributed by atoms with E-state index in [1.54, 1.807) is 30.5 Å². The smallest absolute Gasteiger partial charge is 0.319 e. The van der Waals surface area contributed by atoms with Crippen LogP contribution in [0, 0.1) is 0 Å². The molecule has 1 aromatic carbocycles. The topological polar surface area (TPSA) is 72.7 Å². The number of carbonyl (C=O) groups is 1. The molecular formula is C17H20N2O4. The Balaban J connectivity index is 1.42. The molecule has 0 spiro atoms. The van der Waals surface area contributed by atoms with Crippen molar-refractivity contribution in [3.8, 4) is 5.75 Å². The molecule has 1 atom stereocenters. The highest BCUT2D eigenvalue weighted by molar-refractivity contribution is 5.89. The van der Waals surface area contributed by atoms with E-state index < -0.39 is 0 Å². The van der Waals surface area contributed by atoms with Crippen LogP contribution in [0.5, 0.6) is 5.75 Å². The Kier molecular flexibility index (Phi) is 5.16. The molecule has 0 saturated carbocycles. The summed E-state index contributed by atoms with van der Waals surface area (Å²) in [5.74, 6) is 1.48. The summed E-state index contributed by atoms with van der Waals surface area (Å²) in [4.78, 5) is 11.8. The van der Waals surface area contributed by atoms with E-state index in [-0.39, 0.29) is 12.1 Å². The van der Waals surface area contributed by atoms with Gasteiger partial charge in [-0.25, -0.2) is 4.79 Å². The van der Waals surface area contributed by atoms with Crippen LogP contribution < -0.4 is 15.4 Å². The van der Waals surface area contributed by atoms with Crippen LogP contribution in [0.15, 0.2) is 47.1 Å². The highest BCUT2D eigenvalue weighted by Crippen LogP contribution is 2.17. The van der Waals surface area contributed by atoms with Crippen LogP contribution in [0.3, 0.4) is 0 Å². The molecule has 1 aliphatic rings. The molecule has 0 radical (unpaired) electrons. The SMILES string of the molecule is O=C(NC[C@@H]1CCCO1)Nc1ccc(OCc2ccco2)cc1. The number of anilines is 1. The number of carbonyl (C=O) groups excluding carboxylic acids is 1. The van der Waals surface area contributed by atoms with Crippen molar-refractivity contribution in [3.63, 3.8) is 0 Å². The number of rotatable bonds is 6. The Bertz CT molecular complexity index is 604. The molecule has 2 aromatic rings. The van der Waals surface area contributed by atoms with E-state index in [1.165, 1.54) is 0 Å². The predicted molar refractivity (Wildman–Crippen MR) is 85.5 cm³/mol. The summed E-state index contributed by atoms with van der Waals surface area (Å²) in [5.41, 5.74) is 0.709. The molecule has 122 valence electrons. The molecule has 0 aliphatic carbocycles. The fraction of sp³-hybridized carbons (Fsp3) is 0.353. The molecule has 0 bridgehead atoms. The molecule has 1 saturated heterocycles. The van der Waals surface area contributed by atoms with Crippen molar-refractivity contribution >= 4 is 11.7 Å². The maximum Gasteiger partial charge on any atom is 0.319 e. The maximum absolute atomic E-state index is 11.8. The number of hydrogen-bond donors (Lipinski definition) is 2. The van der Waals surface area contributed by atoms with E-state index in [1.807, 2.05) is 12.1 Å². The van der Waals surface area contributed by atoms with Crippen LogP contribution in [-0.2, 0) is 11.3 Å². The van der Waals surface area contributed by atoms with E-state index in [0.717, 1.165) is 25.2 Å². The normalized spacial score (nSPS) is 17.0. The minimum Gasteiger partial charge on any atom is -0.486 e. The summed E-state index contributed by atoms with van der Waals surface area (Å²) in [6, 6.07) is 10.6. The quantitative estimate of drug-likeness (QED) is 0.858. The van der Waals surface area contributed by atoms with Gasteiger partial charge in [0.15, 0.2) is 0 Å². The highest BCUT2D eigenvalue weighted by atomic mass is 16.5. The molecule has 3 rings (SSSR count). The van der Waals surface area contributed by atoms with Crippen LogP contribution in [0.4, 0.5) is 10.5 Å². The number of benzene rings is 1. The van der Waals surface area contributed by atoms with Gasteiger partial charge in [0.1, 0.15) is 18.1 Å². The zero-order valence-electron chi connectivity index (χ0n) is 12.8. The van der Waals surface area contributed by atoms with Gasteiger partial charge in [-0.1, -0.05) is 0 Å². The number of amides is 2. The number of nitrogens with one attached hydrogen (secondary N) is 2. The second-order valence-electron chi connectivity index (χ2n) is 5.36. The van der Waals surface area contributed by atoms with Crippen LogP contribution in [0.2, 0.25) is 0 Å². The minimum atomic E-state index is -0.232. The molecule has 6 heteroatoms. The van der Waals surface area contributed by atoms with Crippen molar-refractivity contribution in [2.45, 2.75) is 25.6 Å². The van der Waals surface area contributed by atoms with Gasteiger partial charge in [0, 0.05) is 18.8 Å². The zero-order chi connectivity index (χ0) is 15.9. The van der Waals surface area contributed by atoms with Crippen molar-refractivity contribution in [2.75, 3.05) is 18.5 Å². The van der Waals surface area contributed by atoms with Crippen LogP contribution in [0.1, 0.15) is 18.6 Å². The molecule has 1 fully saturated rings. The van der Waals surface area contributed by atoms with Crippen LogP contribution in [0.25, 0.3) is 0 Å². The summed E-state index contributed by atoms with van der Waals surface area (Å²) in [7, 11) is 0. The molecule has 2 heterocycles. The van der Waals surface area contributed by atoms with Gasteiger partial charge in [0.05, 0.1) is 12.4 Å². The summed E-state index contributed by atoms with van der Waals surface area (Å²) >= 11 is 0. The van der Waals surface area contributed by atoms with Crippen molar-refractivity contribution in [2.24, 2.45) is 0 Å². The molecular weight excluding hydrogens is 296 g/mol. The average Bonchev–Trinajstić information content (AvgIpc) is 3.26. The molecule has 6 nitrogen and oxygen atoms in total. The van der Waals surface area contributed by atoms with E-state index in [0.29, 0.717) is 24.6 Å². The third kappa shape index (κ3) is 4.75. The van der Waals surface area contributed by atoms with Crippen molar-refractivity contribution in [1.29, 1.82) is 0 Å². The summed E-state index contributed by atoms with van der Waals surface area (Å²) < 4.78 is 16.2. The first-order valence-corrected chi connectivity index (χ1v) is 7.71. The second kappa shape index (κ2) is 7.69. The maximum atomic E-state index is 11.8. The number of hydrogen-bond acceptors (Lipinski definition) is 4. The van der Waals surface area contributed by atoms with Crippen LogP contribution in [-0.4, -0.2) is 25.3 Å². The Morgan fingerprint density at radius 3 is 2.83 bits per heavy atom. The monoisotopic (exact) mass is 316 g/mol. The second-order valence-corrected chi connectivity index (χ2v) is 5.36. The number of urea groups is 1. The van der Waals surface area contributed by atoms with Gasteiger partial charge >= 0.3 is 6.03 Å². The van der Waals surface area contributed by atoms with Gasteiger partial charge in [-0.2, -0.15) is 0 Å². The number of furan rings is 1. The fourth-order valence-electron chi connectivity index (χ4n) is 2.37. The third-order valence-electron chi connectivity index (χ3n) is 3.59. The summed E-state index contributed by atoms with van der Waals surface area (Å²) in [6.07, 6.45) is 3.81. The Morgan fingerprint density at radius 2 is 2.13 bits per heavy atom. The summed E-state index contributed by atoms with van der Waals surface area (Å²) in [6.45, 7) is 1.70. The first kappa shape index (κ1) is 15.4. The van der Waals surface area contributed by atoms with E-state index in [2.05, 4.69) is 10.6 Å². The standard InChI is InChI=1S/C17H20N2O4/c20-17(18-11-15-3-1-9-21-15)19-13-5-7-14(8-6-13)23-12-16-4-2-10-22-16/h2,4-8,10,15H,1,3,9,11-12H2,(H2,18,19,20)/t15-/m0/s1. The third-order valence-corrected chi connectivity index (χ3v) is 3.59. The molecule has 2 amide bonds. The van der Waals surface area contributed by atoms with E-state index >= 15 is 0 Å². The Labute approximate surface area is 134 Å². The first-order valence-electron chi connectivity index (χ1n) is 7.71. The lowest BCUT2D eigenvalue weighted by Crippen LogP contribution is -2.34. The lowest BCUT2D eigenvalue weighted by molar-refractivity contribution is 0.112. The molecule has 0 unspecified atom stereocenters. The Morgan fingerprint density at radius 1 is 1.26 bits per heavy atom. The van der Waals surface area contributed by atoms with Crippen molar-refractivity contribution in [1.82, 2.24) is 5.32 Å². The predicted octanol–water partition coefficient (Wildman–Crippen LogP) is 3.16. The zero-order valence-corrected chi connectivity index (χ0v) is 12.8. The van der Waals surface area contributed by atoms with Gasteiger partial charge < -0.3 is 24.5 Å². The lowest BCUT2D eigenvalue weighted by Gasteiger charge is -2.12. The minimum absolute atomic E-state index is 0.137.